The van der Waals surface area contributed by atoms with Crippen molar-refractivity contribution in [1.29, 1.82) is 0 Å². The Morgan fingerprint density at radius 3 is 1.78 bits per heavy atom. The van der Waals surface area contributed by atoms with Crippen molar-refractivity contribution in [3.8, 4) is 45.0 Å². The summed E-state index contributed by atoms with van der Waals surface area (Å²) in [5.74, 6) is 0. The third-order valence-electron chi connectivity index (χ3n) is 9.64. The molecule has 0 aliphatic heterocycles. The topological polar surface area (TPSA) is 48.5 Å². The highest BCUT2D eigenvalue weighted by atomic mass is 15.0. The molecule has 5 nitrogen and oxygen atoms in total. The summed E-state index contributed by atoms with van der Waals surface area (Å²) in [5, 5.41) is 4.72. The molecular formula is C45H29N5. The van der Waals surface area contributed by atoms with Gasteiger partial charge in [-0.1, -0.05) is 78.9 Å². The number of hydrogen-bond donors (Lipinski definition) is 0. The normalized spacial score (nSPS) is 11.6. The molecule has 234 valence electrons. The number of hydrogen-bond acceptors (Lipinski definition) is 3. The molecule has 0 fully saturated rings. The number of para-hydroxylation sites is 3. The van der Waals surface area contributed by atoms with E-state index < -0.39 is 0 Å². The Bertz CT molecular complexity index is 2800. The monoisotopic (exact) mass is 639 g/mol. The summed E-state index contributed by atoms with van der Waals surface area (Å²) in [5.41, 5.74) is 12.7. The smallest absolute Gasteiger partial charge is 0.145 e. The molecule has 0 amide bonds. The highest BCUT2D eigenvalue weighted by Gasteiger charge is 2.20. The zero-order valence-electron chi connectivity index (χ0n) is 27.0. The fraction of sp³-hybridized carbons (Fsp3) is 0. The van der Waals surface area contributed by atoms with Gasteiger partial charge in [0.2, 0.25) is 0 Å². The molecule has 50 heavy (non-hydrogen) atoms. The summed E-state index contributed by atoms with van der Waals surface area (Å²) in [6.07, 6.45) is 5.55. The maximum Gasteiger partial charge on any atom is 0.145 e. The van der Waals surface area contributed by atoms with Crippen LogP contribution >= 0.6 is 0 Å². The molecule has 0 bridgehead atoms. The van der Waals surface area contributed by atoms with E-state index in [0.29, 0.717) is 0 Å². The average molecular weight is 640 g/mol. The van der Waals surface area contributed by atoms with Gasteiger partial charge in [-0.25, -0.2) is 4.98 Å². The van der Waals surface area contributed by atoms with Crippen LogP contribution in [0.5, 0.6) is 0 Å². The van der Waals surface area contributed by atoms with Crippen molar-refractivity contribution >= 4 is 43.7 Å². The Hall–Kier alpha value is -6.85. The number of pyridine rings is 3. The summed E-state index contributed by atoms with van der Waals surface area (Å²) in [6, 6.07) is 55.7. The fourth-order valence-electron chi connectivity index (χ4n) is 7.47. The molecule has 0 unspecified atom stereocenters. The van der Waals surface area contributed by atoms with E-state index in [1.165, 1.54) is 27.4 Å². The molecule has 5 heteroatoms. The lowest BCUT2D eigenvalue weighted by Gasteiger charge is -2.14. The van der Waals surface area contributed by atoms with Gasteiger partial charge in [0.1, 0.15) is 5.65 Å². The highest BCUT2D eigenvalue weighted by molar-refractivity contribution is 6.15. The van der Waals surface area contributed by atoms with Gasteiger partial charge in [0.05, 0.1) is 27.9 Å². The van der Waals surface area contributed by atoms with Crippen molar-refractivity contribution in [2.45, 2.75) is 0 Å². The third-order valence-corrected chi connectivity index (χ3v) is 9.64. The molecule has 10 rings (SSSR count). The van der Waals surface area contributed by atoms with Crippen LogP contribution in [0.15, 0.2) is 176 Å². The minimum absolute atomic E-state index is 0.904. The Morgan fingerprint density at radius 2 is 1.02 bits per heavy atom. The van der Waals surface area contributed by atoms with Crippen molar-refractivity contribution in [1.82, 2.24) is 24.1 Å². The van der Waals surface area contributed by atoms with E-state index >= 15 is 0 Å². The molecule has 0 spiro atoms. The second kappa shape index (κ2) is 11.4. The number of rotatable bonds is 5. The van der Waals surface area contributed by atoms with Crippen molar-refractivity contribution in [2.24, 2.45) is 0 Å². The van der Waals surface area contributed by atoms with Crippen LogP contribution in [0.1, 0.15) is 0 Å². The van der Waals surface area contributed by atoms with Gasteiger partial charge in [-0.2, -0.15) is 0 Å². The molecule has 0 aliphatic rings. The van der Waals surface area contributed by atoms with Gasteiger partial charge < -0.3 is 4.57 Å². The van der Waals surface area contributed by atoms with Gasteiger partial charge >= 0.3 is 0 Å². The first-order valence-corrected chi connectivity index (χ1v) is 16.8. The van der Waals surface area contributed by atoms with E-state index in [9.17, 15) is 0 Å². The molecule has 0 saturated carbocycles. The predicted octanol–water partition coefficient (Wildman–Crippen LogP) is 11.1. The van der Waals surface area contributed by atoms with Crippen LogP contribution in [0.3, 0.4) is 0 Å². The number of aromatic nitrogens is 5. The molecule has 5 aromatic carbocycles. The second-order valence-corrected chi connectivity index (χ2v) is 12.5. The van der Waals surface area contributed by atoms with E-state index in [4.69, 9.17) is 15.0 Å². The molecule has 0 aliphatic carbocycles. The molecule has 0 atom stereocenters. The maximum absolute atomic E-state index is 4.96. The molecule has 0 saturated heterocycles. The van der Waals surface area contributed by atoms with Crippen LogP contribution in [0, 0.1) is 0 Å². The first-order chi connectivity index (χ1) is 24.8. The van der Waals surface area contributed by atoms with Crippen LogP contribution in [0.2, 0.25) is 0 Å². The molecule has 0 N–H and O–H groups in total. The van der Waals surface area contributed by atoms with Crippen LogP contribution in [-0.4, -0.2) is 24.1 Å². The van der Waals surface area contributed by atoms with E-state index in [1.54, 1.807) is 0 Å². The van der Waals surface area contributed by atoms with Crippen LogP contribution in [0.4, 0.5) is 0 Å². The van der Waals surface area contributed by atoms with Crippen molar-refractivity contribution in [3.05, 3.63) is 176 Å². The van der Waals surface area contributed by atoms with E-state index in [1.807, 2.05) is 48.9 Å². The van der Waals surface area contributed by atoms with E-state index in [-0.39, 0.29) is 0 Å². The zero-order chi connectivity index (χ0) is 33.0. The summed E-state index contributed by atoms with van der Waals surface area (Å²) in [6.45, 7) is 0. The first kappa shape index (κ1) is 28.2. The van der Waals surface area contributed by atoms with Gasteiger partial charge in [-0.3, -0.25) is 14.5 Å². The minimum atomic E-state index is 0.904. The Morgan fingerprint density at radius 1 is 0.360 bits per heavy atom. The molecule has 5 heterocycles. The van der Waals surface area contributed by atoms with E-state index in [2.05, 4.69) is 137 Å². The quantitative estimate of drug-likeness (QED) is 0.188. The van der Waals surface area contributed by atoms with E-state index in [0.717, 1.165) is 61.4 Å². The van der Waals surface area contributed by atoms with Gasteiger partial charge in [0.25, 0.3) is 0 Å². The van der Waals surface area contributed by atoms with Crippen LogP contribution in [-0.2, 0) is 0 Å². The third kappa shape index (κ3) is 4.45. The van der Waals surface area contributed by atoms with Crippen LogP contribution < -0.4 is 0 Å². The fourth-order valence-corrected chi connectivity index (χ4v) is 7.47. The number of nitrogens with zero attached hydrogens (tertiary/aromatic N) is 5. The molecule has 5 aromatic heterocycles. The average Bonchev–Trinajstić information content (AvgIpc) is 3.71. The summed E-state index contributed by atoms with van der Waals surface area (Å²) >= 11 is 0. The summed E-state index contributed by atoms with van der Waals surface area (Å²) in [7, 11) is 0. The van der Waals surface area contributed by atoms with Crippen molar-refractivity contribution in [3.63, 3.8) is 0 Å². The van der Waals surface area contributed by atoms with Crippen molar-refractivity contribution < 1.29 is 0 Å². The van der Waals surface area contributed by atoms with Crippen molar-refractivity contribution in [2.75, 3.05) is 0 Å². The van der Waals surface area contributed by atoms with Gasteiger partial charge in [-0.05, 0) is 84.4 Å². The molecule has 0 radical (unpaired) electrons. The van der Waals surface area contributed by atoms with Crippen LogP contribution in [0.25, 0.3) is 88.8 Å². The first-order valence-electron chi connectivity index (χ1n) is 16.8. The Balaban J connectivity index is 1.27. The largest absolute Gasteiger partial charge is 0.309 e. The Labute approximate surface area is 288 Å². The minimum Gasteiger partial charge on any atom is -0.309 e. The predicted molar refractivity (Wildman–Crippen MR) is 205 cm³/mol. The standard InChI is InChI=1S/C45H29N5/c1-2-12-33(13-3-1)49-42-20-5-4-14-36(42)38-16-10-15-35(44(38)49)30-21-22-37-39-17-11-25-48-45(39)50(43(37)29-30)34-27-31(40-18-6-8-23-46-40)26-32(28-34)41-19-7-9-24-47-41/h1-29H. The maximum atomic E-state index is 4.96. The lowest BCUT2D eigenvalue weighted by atomic mass is 10.00. The molecule has 10 aromatic rings. The summed E-state index contributed by atoms with van der Waals surface area (Å²) in [4.78, 5) is 14.4. The van der Waals surface area contributed by atoms with Gasteiger partial charge in [-0.15, -0.1) is 0 Å². The number of benzene rings is 5. The Kier molecular flexibility index (Phi) is 6.42. The SMILES string of the molecule is c1ccc(-n2c3ccccc3c3cccc(-c4ccc5c6cccnc6n(-c6cc(-c7ccccn7)cc(-c7ccccn7)c6)c5c4)c32)cc1. The van der Waals surface area contributed by atoms with Gasteiger partial charge in [0.15, 0.2) is 0 Å². The zero-order valence-corrected chi connectivity index (χ0v) is 27.0. The lowest BCUT2D eigenvalue weighted by molar-refractivity contribution is 1.13. The highest BCUT2D eigenvalue weighted by Crippen LogP contribution is 2.41. The summed E-state index contributed by atoms with van der Waals surface area (Å²) < 4.78 is 4.69. The van der Waals surface area contributed by atoms with Gasteiger partial charge in [0, 0.05) is 68.2 Å². The number of fused-ring (bicyclic) bond motifs is 6. The lowest BCUT2D eigenvalue weighted by Crippen LogP contribution is -1.98. The second-order valence-electron chi connectivity index (χ2n) is 12.5. The molecular weight excluding hydrogens is 611 g/mol.